The second-order valence-electron chi connectivity index (χ2n) is 6.37. The van der Waals surface area contributed by atoms with Crippen LogP contribution < -0.4 is 11.3 Å². The van der Waals surface area contributed by atoms with Gasteiger partial charge in [-0.1, -0.05) is 27.2 Å². The van der Waals surface area contributed by atoms with Gasteiger partial charge in [-0.25, -0.2) is 5.84 Å². The average Bonchev–Trinajstić information content (AvgIpc) is 2.34. The highest BCUT2D eigenvalue weighted by atomic mass is 16.2. The molecule has 0 saturated heterocycles. The van der Waals surface area contributed by atoms with Crippen molar-refractivity contribution in [2.45, 2.75) is 71.4 Å². The summed E-state index contributed by atoms with van der Waals surface area (Å²) in [4.78, 5) is 14.1. The highest BCUT2D eigenvalue weighted by Gasteiger charge is 2.33. The topological polar surface area (TPSA) is 58.4 Å². The standard InChI is InChI=1S/C14H29N3O/c1-5-6-12(13(18)16-15)17(4)11-7-9-14(2,3)10-8-11/h11-12H,5-10,15H2,1-4H3,(H,16,18). The summed E-state index contributed by atoms with van der Waals surface area (Å²) in [6.07, 6.45) is 6.72. The van der Waals surface area contributed by atoms with Gasteiger partial charge >= 0.3 is 0 Å². The fourth-order valence-corrected chi connectivity index (χ4v) is 2.94. The van der Waals surface area contributed by atoms with E-state index in [-0.39, 0.29) is 11.9 Å². The molecule has 0 radical (unpaired) electrons. The SMILES string of the molecule is CCCC(C(=O)NN)N(C)C1CCC(C)(C)CC1. The number of amides is 1. The van der Waals surface area contributed by atoms with Gasteiger partial charge in [0, 0.05) is 6.04 Å². The second kappa shape index (κ2) is 6.53. The van der Waals surface area contributed by atoms with Crippen LogP contribution in [0.15, 0.2) is 0 Å². The first-order valence-electron chi connectivity index (χ1n) is 7.13. The minimum absolute atomic E-state index is 0.0517. The van der Waals surface area contributed by atoms with Crippen molar-refractivity contribution in [1.82, 2.24) is 10.3 Å². The van der Waals surface area contributed by atoms with E-state index in [1.807, 2.05) is 0 Å². The molecule has 0 aliphatic heterocycles. The van der Waals surface area contributed by atoms with Crippen molar-refractivity contribution >= 4 is 5.91 Å². The normalized spacial score (nSPS) is 21.9. The second-order valence-corrected chi connectivity index (χ2v) is 6.37. The summed E-state index contributed by atoms with van der Waals surface area (Å²) in [7, 11) is 2.07. The summed E-state index contributed by atoms with van der Waals surface area (Å²) in [6.45, 7) is 6.77. The van der Waals surface area contributed by atoms with Gasteiger partial charge in [0.05, 0.1) is 6.04 Å². The lowest BCUT2D eigenvalue weighted by Crippen LogP contribution is -2.52. The third-order valence-electron chi connectivity index (χ3n) is 4.38. The summed E-state index contributed by atoms with van der Waals surface area (Å²) in [6, 6.07) is 0.443. The lowest BCUT2D eigenvalue weighted by atomic mass is 9.75. The number of nitrogens with two attached hydrogens (primary N) is 1. The van der Waals surface area contributed by atoms with Crippen molar-refractivity contribution in [3.05, 3.63) is 0 Å². The molecule has 1 aliphatic carbocycles. The zero-order valence-corrected chi connectivity index (χ0v) is 12.3. The van der Waals surface area contributed by atoms with Crippen molar-refractivity contribution in [3.8, 4) is 0 Å². The lowest BCUT2D eigenvalue weighted by Gasteiger charge is -2.41. The molecule has 0 aromatic rings. The van der Waals surface area contributed by atoms with E-state index in [1.165, 1.54) is 25.7 Å². The number of rotatable bonds is 5. The molecule has 0 bridgehead atoms. The molecule has 1 aliphatic rings. The van der Waals surface area contributed by atoms with Crippen LogP contribution in [0.3, 0.4) is 0 Å². The molecule has 1 rings (SSSR count). The van der Waals surface area contributed by atoms with Crippen LogP contribution >= 0.6 is 0 Å². The number of nitrogens with zero attached hydrogens (tertiary/aromatic N) is 1. The van der Waals surface area contributed by atoms with Crippen molar-refractivity contribution in [1.29, 1.82) is 0 Å². The van der Waals surface area contributed by atoms with Crippen molar-refractivity contribution in [2.24, 2.45) is 11.3 Å². The van der Waals surface area contributed by atoms with Crippen molar-refractivity contribution in [2.75, 3.05) is 7.05 Å². The van der Waals surface area contributed by atoms with E-state index in [4.69, 9.17) is 5.84 Å². The van der Waals surface area contributed by atoms with Gasteiger partial charge in [-0.3, -0.25) is 15.1 Å². The van der Waals surface area contributed by atoms with E-state index < -0.39 is 0 Å². The van der Waals surface area contributed by atoms with Crippen LogP contribution in [0.2, 0.25) is 0 Å². The Morgan fingerprint density at radius 3 is 2.44 bits per heavy atom. The van der Waals surface area contributed by atoms with Gasteiger partial charge in [-0.15, -0.1) is 0 Å². The van der Waals surface area contributed by atoms with E-state index >= 15 is 0 Å². The molecule has 1 fully saturated rings. The largest absolute Gasteiger partial charge is 0.293 e. The van der Waals surface area contributed by atoms with E-state index in [0.717, 1.165) is 12.8 Å². The number of hydrogen-bond donors (Lipinski definition) is 2. The zero-order chi connectivity index (χ0) is 13.8. The molecule has 106 valence electrons. The molecule has 0 aromatic heterocycles. The number of nitrogens with one attached hydrogen (secondary N) is 1. The smallest absolute Gasteiger partial charge is 0.251 e. The number of carbonyl (C=O) groups excluding carboxylic acids is 1. The van der Waals surface area contributed by atoms with Gasteiger partial charge < -0.3 is 0 Å². The molecule has 1 unspecified atom stereocenters. The van der Waals surface area contributed by atoms with Crippen LogP contribution in [0.1, 0.15) is 59.3 Å². The van der Waals surface area contributed by atoms with E-state index in [2.05, 4.69) is 38.1 Å². The van der Waals surface area contributed by atoms with Crippen LogP contribution in [0.25, 0.3) is 0 Å². The minimum Gasteiger partial charge on any atom is -0.293 e. The molecule has 0 spiro atoms. The van der Waals surface area contributed by atoms with Gasteiger partial charge in [0.25, 0.3) is 5.91 Å². The van der Waals surface area contributed by atoms with Gasteiger partial charge in [0.1, 0.15) is 0 Å². The summed E-state index contributed by atoms with van der Waals surface area (Å²) < 4.78 is 0. The fourth-order valence-electron chi connectivity index (χ4n) is 2.94. The van der Waals surface area contributed by atoms with Gasteiger partial charge in [0.15, 0.2) is 0 Å². The monoisotopic (exact) mass is 255 g/mol. The van der Waals surface area contributed by atoms with Gasteiger partial charge in [0.2, 0.25) is 0 Å². The highest BCUT2D eigenvalue weighted by molar-refractivity contribution is 5.81. The van der Waals surface area contributed by atoms with Crippen LogP contribution in [-0.4, -0.2) is 29.9 Å². The molecular formula is C14H29N3O. The summed E-state index contributed by atoms with van der Waals surface area (Å²) in [5.41, 5.74) is 2.77. The first-order chi connectivity index (χ1) is 8.41. The van der Waals surface area contributed by atoms with E-state index in [1.54, 1.807) is 0 Å². The molecule has 1 amide bonds. The Labute approximate surface area is 111 Å². The Balaban J connectivity index is 2.61. The van der Waals surface area contributed by atoms with E-state index in [9.17, 15) is 4.79 Å². The Bertz CT molecular complexity index is 268. The Kier molecular flexibility index (Phi) is 5.60. The molecule has 3 N–H and O–H groups in total. The summed E-state index contributed by atoms with van der Waals surface area (Å²) in [5, 5.41) is 0. The number of carbonyl (C=O) groups is 1. The predicted molar refractivity (Wildman–Crippen MR) is 74.8 cm³/mol. The average molecular weight is 255 g/mol. The number of hydrazine groups is 1. The zero-order valence-electron chi connectivity index (χ0n) is 12.3. The molecule has 1 saturated carbocycles. The Morgan fingerprint density at radius 2 is 2.00 bits per heavy atom. The van der Waals surface area contributed by atoms with Crippen LogP contribution in [0.4, 0.5) is 0 Å². The van der Waals surface area contributed by atoms with E-state index in [0.29, 0.717) is 11.5 Å². The maximum absolute atomic E-state index is 11.8. The van der Waals surface area contributed by atoms with Gasteiger partial charge in [-0.2, -0.15) is 0 Å². The molecule has 4 heteroatoms. The summed E-state index contributed by atoms with van der Waals surface area (Å²) in [5.74, 6) is 5.24. The quantitative estimate of drug-likeness (QED) is 0.449. The minimum atomic E-state index is -0.0776. The Morgan fingerprint density at radius 1 is 1.44 bits per heavy atom. The molecule has 1 atom stereocenters. The third kappa shape index (κ3) is 3.95. The summed E-state index contributed by atoms with van der Waals surface area (Å²) >= 11 is 0. The maximum Gasteiger partial charge on any atom is 0.251 e. The van der Waals surface area contributed by atoms with Crippen LogP contribution in [0, 0.1) is 5.41 Å². The molecule has 0 heterocycles. The number of likely N-dealkylation sites (N-methyl/N-ethyl adjacent to an activating group) is 1. The molecule has 18 heavy (non-hydrogen) atoms. The highest BCUT2D eigenvalue weighted by Crippen LogP contribution is 2.37. The van der Waals surface area contributed by atoms with Crippen LogP contribution in [0.5, 0.6) is 0 Å². The lowest BCUT2D eigenvalue weighted by molar-refractivity contribution is -0.127. The molecule has 4 nitrogen and oxygen atoms in total. The van der Waals surface area contributed by atoms with Crippen molar-refractivity contribution < 1.29 is 4.79 Å². The molecule has 0 aromatic carbocycles. The number of hydrogen-bond acceptors (Lipinski definition) is 3. The predicted octanol–water partition coefficient (Wildman–Crippen LogP) is 2.05. The first kappa shape index (κ1) is 15.4. The molecular weight excluding hydrogens is 226 g/mol. The van der Waals surface area contributed by atoms with Crippen molar-refractivity contribution in [3.63, 3.8) is 0 Å². The third-order valence-corrected chi connectivity index (χ3v) is 4.38. The Hall–Kier alpha value is -0.610. The maximum atomic E-state index is 11.8. The first-order valence-corrected chi connectivity index (χ1v) is 7.13. The fraction of sp³-hybridized carbons (Fsp3) is 0.929. The van der Waals surface area contributed by atoms with Gasteiger partial charge in [-0.05, 0) is 44.6 Å². The van der Waals surface area contributed by atoms with Crippen LogP contribution in [-0.2, 0) is 4.79 Å².